The molecule has 1 unspecified atom stereocenters. The molecule has 0 aliphatic heterocycles. The van der Waals surface area contributed by atoms with Gasteiger partial charge in [0.05, 0.1) is 5.56 Å². The van der Waals surface area contributed by atoms with Crippen LogP contribution in [0.1, 0.15) is 55.6 Å². The van der Waals surface area contributed by atoms with E-state index in [0.717, 1.165) is 12.1 Å². The first-order valence-corrected chi connectivity index (χ1v) is 6.64. The Balaban J connectivity index is 2.96. The Kier molecular flexibility index (Phi) is 4.67. The molecule has 0 fully saturated rings. The zero-order valence-corrected chi connectivity index (χ0v) is 12.6. The van der Waals surface area contributed by atoms with E-state index in [2.05, 4.69) is 0 Å². The molecule has 1 aromatic rings. The first-order valence-electron chi connectivity index (χ1n) is 6.64. The van der Waals surface area contributed by atoms with Crippen molar-refractivity contribution in [3.8, 4) is 0 Å². The maximum absolute atomic E-state index is 12.6. The summed E-state index contributed by atoms with van der Waals surface area (Å²) in [5, 5.41) is 0. The van der Waals surface area contributed by atoms with Crippen molar-refractivity contribution in [1.29, 1.82) is 0 Å². The minimum atomic E-state index is -4.37. The van der Waals surface area contributed by atoms with E-state index < -0.39 is 11.7 Å². The third-order valence-corrected chi connectivity index (χ3v) is 3.82. The number of carbonyl (C=O) groups excluding carboxylic acids is 1. The molecule has 20 heavy (non-hydrogen) atoms. The SMILES string of the molecule is Cc1cc(C(F)(F)F)ccc1C(=O)CC(C)C(C)(C)C. The van der Waals surface area contributed by atoms with E-state index in [-0.39, 0.29) is 17.1 Å². The van der Waals surface area contributed by atoms with Crippen LogP contribution in [-0.2, 0) is 6.18 Å². The standard InChI is InChI=1S/C16H21F3O/c1-10-8-12(16(17,18)19)6-7-13(10)14(20)9-11(2)15(3,4)5/h6-8,11H,9H2,1-5H3. The second kappa shape index (κ2) is 5.58. The van der Waals surface area contributed by atoms with Gasteiger partial charge in [-0.05, 0) is 36.0 Å². The van der Waals surface area contributed by atoms with E-state index in [0.29, 0.717) is 17.5 Å². The Hall–Kier alpha value is -1.32. The van der Waals surface area contributed by atoms with Crippen molar-refractivity contribution >= 4 is 5.78 Å². The molecule has 0 saturated heterocycles. The minimum Gasteiger partial charge on any atom is -0.294 e. The van der Waals surface area contributed by atoms with Gasteiger partial charge in [-0.2, -0.15) is 13.2 Å². The summed E-state index contributed by atoms with van der Waals surface area (Å²) in [5.74, 6) is 0.0651. The molecule has 1 rings (SSSR count). The maximum atomic E-state index is 12.6. The lowest BCUT2D eigenvalue weighted by molar-refractivity contribution is -0.137. The zero-order valence-electron chi connectivity index (χ0n) is 12.6. The van der Waals surface area contributed by atoms with Crippen molar-refractivity contribution in [2.75, 3.05) is 0 Å². The van der Waals surface area contributed by atoms with E-state index in [4.69, 9.17) is 0 Å². The number of aryl methyl sites for hydroxylation is 1. The molecule has 0 spiro atoms. The summed E-state index contributed by atoms with van der Waals surface area (Å²) < 4.78 is 37.7. The fraction of sp³-hybridized carbons (Fsp3) is 0.562. The van der Waals surface area contributed by atoms with Gasteiger partial charge >= 0.3 is 6.18 Å². The normalized spacial score (nSPS) is 14.2. The highest BCUT2D eigenvalue weighted by atomic mass is 19.4. The molecule has 1 nitrogen and oxygen atoms in total. The van der Waals surface area contributed by atoms with Crippen LogP contribution in [0.2, 0.25) is 0 Å². The number of ketones is 1. The third-order valence-electron chi connectivity index (χ3n) is 3.82. The number of benzene rings is 1. The molecular weight excluding hydrogens is 265 g/mol. The van der Waals surface area contributed by atoms with Crippen LogP contribution in [0.5, 0.6) is 0 Å². The number of Topliss-reactive ketones (excluding diaryl/α,β-unsaturated/α-hetero) is 1. The van der Waals surface area contributed by atoms with Crippen molar-refractivity contribution in [2.45, 2.75) is 47.2 Å². The Morgan fingerprint density at radius 2 is 1.75 bits per heavy atom. The summed E-state index contributed by atoms with van der Waals surface area (Å²) in [6.45, 7) is 9.67. The third kappa shape index (κ3) is 4.09. The first kappa shape index (κ1) is 16.7. The van der Waals surface area contributed by atoms with E-state index in [1.165, 1.54) is 6.07 Å². The smallest absolute Gasteiger partial charge is 0.294 e. The van der Waals surface area contributed by atoms with Crippen LogP contribution in [-0.4, -0.2) is 5.78 Å². The van der Waals surface area contributed by atoms with Crippen LogP contribution in [0.3, 0.4) is 0 Å². The average Bonchev–Trinajstić information content (AvgIpc) is 2.25. The van der Waals surface area contributed by atoms with Crippen molar-refractivity contribution in [3.63, 3.8) is 0 Å². The topological polar surface area (TPSA) is 17.1 Å². The fourth-order valence-corrected chi connectivity index (χ4v) is 1.85. The van der Waals surface area contributed by atoms with Gasteiger partial charge in [0.25, 0.3) is 0 Å². The fourth-order valence-electron chi connectivity index (χ4n) is 1.85. The monoisotopic (exact) mass is 286 g/mol. The van der Waals surface area contributed by atoms with Gasteiger partial charge in [-0.3, -0.25) is 4.79 Å². The highest BCUT2D eigenvalue weighted by Crippen LogP contribution is 2.32. The van der Waals surface area contributed by atoms with E-state index in [9.17, 15) is 18.0 Å². The predicted molar refractivity (Wildman–Crippen MR) is 73.7 cm³/mol. The lowest BCUT2D eigenvalue weighted by atomic mass is 9.78. The van der Waals surface area contributed by atoms with Gasteiger partial charge in [0.2, 0.25) is 0 Å². The van der Waals surface area contributed by atoms with E-state index in [1.807, 2.05) is 27.7 Å². The average molecular weight is 286 g/mol. The number of carbonyl (C=O) groups is 1. The Labute approximate surface area is 118 Å². The molecule has 0 amide bonds. The van der Waals surface area contributed by atoms with Crippen LogP contribution in [0.15, 0.2) is 18.2 Å². The summed E-state index contributed by atoms with van der Waals surface area (Å²) in [4.78, 5) is 12.2. The quantitative estimate of drug-likeness (QED) is 0.692. The molecule has 0 aliphatic rings. The number of hydrogen-bond acceptors (Lipinski definition) is 1. The highest BCUT2D eigenvalue weighted by Gasteiger charge is 2.31. The van der Waals surface area contributed by atoms with Crippen molar-refractivity contribution in [3.05, 3.63) is 34.9 Å². The molecule has 0 aromatic heterocycles. The molecule has 1 aromatic carbocycles. The molecule has 112 valence electrons. The van der Waals surface area contributed by atoms with Crippen molar-refractivity contribution in [2.24, 2.45) is 11.3 Å². The minimum absolute atomic E-state index is 0.00449. The second-order valence-electron chi connectivity index (χ2n) is 6.42. The van der Waals surface area contributed by atoms with Gasteiger partial charge in [-0.25, -0.2) is 0 Å². The summed E-state index contributed by atoms with van der Waals surface area (Å²) in [5.41, 5.74) is 0.0469. The molecule has 0 saturated carbocycles. The van der Waals surface area contributed by atoms with Gasteiger partial charge in [-0.15, -0.1) is 0 Å². The largest absolute Gasteiger partial charge is 0.416 e. The van der Waals surface area contributed by atoms with E-state index in [1.54, 1.807) is 6.92 Å². The lowest BCUT2D eigenvalue weighted by Gasteiger charge is -2.26. The first-order chi connectivity index (χ1) is 8.93. The van der Waals surface area contributed by atoms with Crippen molar-refractivity contribution in [1.82, 2.24) is 0 Å². The molecule has 0 aliphatic carbocycles. The maximum Gasteiger partial charge on any atom is 0.416 e. The molecule has 1 atom stereocenters. The number of hydrogen-bond donors (Lipinski definition) is 0. The number of alkyl halides is 3. The Morgan fingerprint density at radius 1 is 1.20 bits per heavy atom. The number of halogens is 3. The van der Waals surface area contributed by atoms with Crippen LogP contribution >= 0.6 is 0 Å². The second-order valence-corrected chi connectivity index (χ2v) is 6.42. The van der Waals surface area contributed by atoms with Crippen LogP contribution in [0.25, 0.3) is 0 Å². The number of rotatable bonds is 3. The summed E-state index contributed by atoms with van der Waals surface area (Å²) >= 11 is 0. The predicted octanol–water partition coefficient (Wildman–Crippen LogP) is 5.27. The Morgan fingerprint density at radius 3 is 2.15 bits per heavy atom. The van der Waals surface area contributed by atoms with Gasteiger partial charge in [0.15, 0.2) is 5.78 Å². The van der Waals surface area contributed by atoms with Crippen molar-refractivity contribution < 1.29 is 18.0 Å². The highest BCUT2D eigenvalue weighted by molar-refractivity contribution is 5.97. The molecule has 0 heterocycles. The Bertz CT molecular complexity index is 495. The van der Waals surface area contributed by atoms with Crippen LogP contribution < -0.4 is 0 Å². The molecule has 4 heteroatoms. The van der Waals surface area contributed by atoms with Gasteiger partial charge < -0.3 is 0 Å². The summed E-state index contributed by atoms with van der Waals surface area (Å²) in [7, 11) is 0. The molecule has 0 radical (unpaired) electrons. The zero-order chi connectivity index (χ0) is 15.7. The lowest BCUT2D eigenvalue weighted by Crippen LogP contribution is -2.21. The molecular formula is C16H21F3O. The van der Waals surface area contributed by atoms with Crippen LogP contribution in [0.4, 0.5) is 13.2 Å². The van der Waals surface area contributed by atoms with Crippen LogP contribution in [0, 0.1) is 18.3 Å². The van der Waals surface area contributed by atoms with Gasteiger partial charge in [-0.1, -0.05) is 33.8 Å². The molecule has 0 bridgehead atoms. The van der Waals surface area contributed by atoms with E-state index >= 15 is 0 Å². The summed E-state index contributed by atoms with van der Waals surface area (Å²) in [6, 6.07) is 3.30. The van der Waals surface area contributed by atoms with Gasteiger partial charge in [0, 0.05) is 12.0 Å². The van der Waals surface area contributed by atoms with Gasteiger partial charge in [0.1, 0.15) is 0 Å². The molecule has 0 N–H and O–H groups in total. The summed E-state index contributed by atoms with van der Waals surface area (Å²) in [6.07, 6.45) is -4.03.